The zero-order valence-electron chi connectivity index (χ0n) is 14.0. The van der Waals surface area contributed by atoms with E-state index in [-0.39, 0.29) is 5.75 Å². The SMILES string of the molecule is NC(CC(=O)O)C(=O)NC(CO)C(=O)NC(CS)C(=O)NC(CO)C(=O)O. The van der Waals surface area contributed by atoms with E-state index in [1.165, 1.54) is 0 Å². The van der Waals surface area contributed by atoms with Crippen LogP contribution < -0.4 is 21.7 Å². The quantitative estimate of drug-likeness (QED) is 0.139. The summed E-state index contributed by atoms with van der Waals surface area (Å²) in [4.78, 5) is 57.1. The number of carbonyl (C=O) groups excluding carboxylic acids is 3. The van der Waals surface area contributed by atoms with E-state index in [1.54, 1.807) is 0 Å². The number of carboxylic acid groups (broad SMARTS) is 2. The van der Waals surface area contributed by atoms with Crippen molar-refractivity contribution < 1.29 is 44.4 Å². The first kappa shape index (κ1) is 24.6. The molecule has 0 aliphatic rings. The predicted octanol–water partition coefficient (Wildman–Crippen LogP) is -4.76. The van der Waals surface area contributed by atoms with Crippen LogP contribution in [0.25, 0.3) is 0 Å². The minimum absolute atomic E-state index is 0.264. The van der Waals surface area contributed by atoms with Crippen LogP contribution in [0.3, 0.4) is 0 Å². The molecule has 0 aromatic carbocycles. The molecule has 0 heterocycles. The second-order valence-corrected chi connectivity index (χ2v) is 5.64. The van der Waals surface area contributed by atoms with Crippen LogP contribution in [0.4, 0.5) is 0 Å². The van der Waals surface area contributed by atoms with E-state index in [0.717, 1.165) is 0 Å². The Kier molecular flexibility index (Phi) is 11.0. The van der Waals surface area contributed by atoms with Crippen molar-refractivity contribution >= 4 is 42.3 Å². The number of aliphatic hydroxyl groups excluding tert-OH is 2. The molecule has 3 amide bonds. The highest BCUT2D eigenvalue weighted by Gasteiger charge is 2.29. The number of thiol groups is 1. The van der Waals surface area contributed by atoms with Crippen molar-refractivity contribution in [1.82, 2.24) is 16.0 Å². The Labute approximate surface area is 158 Å². The summed E-state index contributed by atoms with van der Waals surface area (Å²) >= 11 is 3.85. The van der Waals surface area contributed by atoms with Gasteiger partial charge in [-0.15, -0.1) is 0 Å². The van der Waals surface area contributed by atoms with Gasteiger partial charge < -0.3 is 42.1 Å². The maximum absolute atomic E-state index is 12.1. The molecule has 4 unspecified atom stereocenters. The fraction of sp³-hybridized carbons (Fsp3) is 0.615. The Bertz CT molecular complexity index is 574. The third-order valence-electron chi connectivity index (χ3n) is 3.16. The first-order chi connectivity index (χ1) is 12.6. The monoisotopic (exact) mass is 410 g/mol. The molecule has 0 fully saturated rings. The van der Waals surface area contributed by atoms with Crippen molar-refractivity contribution in [2.75, 3.05) is 19.0 Å². The summed E-state index contributed by atoms with van der Waals surface area (Å²) in [5, 5.41) is 41.6. The molecule has 9 N–H and O–H groups in total. The normalized spacial score (nSPS) is 15.0. The standard InChI is InChI=1S/C13H22N4O9S/c14-5(1-9(20)21)10(22)15-6(2-18)11(23)17-8(4-27)12(24)16-7(3-19)13(25)26/h5-8,18-19,27H,1-4,14H2,(H,15,22)(H,16,24)(H,17,23)(H,20,21)(H,25,26). The summed E-state index contributed by atoms with van der Waals surface area (Å²) in [7, 11) is 0. The lowest BCUT2D eigenvalue weighted by atomic mass is 10.1. The zero-order valence-corrected chi connectivity index (χ0v) is 14.9. The van der Waals surface area contributed by atoms with Crippen LogP contribution in [0.5, 0.6) is 0 Å². The Morgan fingerprint density at radius 1 is 0.815 bits per heavy atom. The topological polar surface area (TPSA) is 228 Å². The smallest absolute Gasteiger partial charge is 0.328 e. The number of hydrogen-bond donors (Lipinski definition) is 9. The number of hydrogen-bond acceptors (Lipinski definition) is 9. The van der Waals surface area contributed by atoms with Crippen LogP contribution in [0, 0.1) is 0 Å². The summed E-state index contributed by atoms with van der Waals surface area (Å²) in [5.74, 6) is -6.09. The second-order valence-electron chi connectivity index (χ2n) is 5.27. The molecular formula is C13H22N4O9S. The van der Waals surface area contributed by atoms with Crippen molar-refractivity contribution in [2.45, 2.75) is 30.6 Å². The number of amides is 3. The lowest BCUT2D eigenvalue weighted by Gasteiger charge is -2.23. The molecule has 0 rings (SSSR count). The van der Waals surface area contributed by atoms with Crippen LogP contribution in [0.2, 0.25) is 0 Å². The molecule has 0 radical (unpaired) electrons. The van der Waals surface area contributed by atoms with Gasteiger partial charge in [0.1, 0.15) is 18.1 Å². The highest BCUT2D eigenvalue weighted by Crippen LogP contribution is 1.96. The lowest BCUT2D eigenvalue weighted by Crippen LogP contribution is -2.59. The van der Waals surface area contributed by atoms with Crippen molar-refractivity contribution in [2.24, 2.45) is 5.73 Å². The van der Waals surface area contributed by atoms with Crippen molar-refractivity contribution in [3.05, 3.63) is 0 Å². The van der Waals surface area contributed by atoms with Gasteiger partial charge in [-0.05, 0) is 0 Å². The van der Waals surface area contributed by atoms with Gasteiger partial charge in [0.05, 0.1) is 25.7 Å². The number of rotatable bonds is 12. The Hall–Kier alpha value is -2.42. The van der Waals surface area contributed by atoms with Gasteiger partial charge in [0.2, 0.25) is 17.7 Å². The summed E-state index contributed by atoms with van der Waals surface area (Å²) in [6, 6.07) is -5.94. The predicted molar refractivity (Wildman–Crippen MR) is 91.7 cm³/mol. The van der Waals surface area contributed by atoms with Crippen LogP contribution in [-0.4, -0.2) is 93.2 Å². The number of aliphatic carboxylic acids is 2. The fourth-order valence-corrected chi connectivity index (χ4v) is 1.94. The van der Waals surface area contributed by atoms with Gasteiger partial charge >= 0.3 is 11.9 Å². The van der Waals surface area contributed by atoms with Gasteiger partial charge in [-0.1, -0.05) is 0 Å². The van der Waals surface area contributed by atoms with E-state index < -0.39 is 73.5 Å². The average molecular weight is 410 g/mol. The number of carbonyl (C=O) groups is 5. The van der Waals surface area contributed by atoms with E-state index in [1.807, 2.05) is 10.6 Å². The zero-order chi connectivity index (χ0) is 21.1. The van der Waals surface area contributed by atoms with E-state index in [9.17, 15) is 29.1 Å². The van der Waals surface area contributed by atoms with Crippen molar-refractivity contribution in [3.8, 4) is 0 Å². The first-order valence-corrected chi connectivity index (χ1v) is 8.14. The largest absolute Gasteiger partial charge is 0.481 e. The molecule has 4 atom stereocenters. The molecule has 14 heteroatoms. The number of carboxylic acids is 2. The molecule has 27 heavy (non-hydrogen) atoms. The van der Waals surface area contributed by atoms with Crippen LogP contribution in [0.1, 0.15) is 6.42 Å². The Balaban J connectivity index is 4.91. The number of nitrogens with one attached hydrogen (secondary N) is 3. The number of nitrogens with two attached hydrogens (primary N) is 1. The summed E-state index contributed by atoms with van der Waals surface area (Å²) in [6.07, 6.45) is -0.703. The highest BCUT2D eigenvalue weighted by molar-refractivity contribution is 7.80. The maximum Gasteiger partial charge on any atom is 0.328 e. The van der Waals surface area contributed by atoms with E-state index in [2.05, 4.69) is 17.9 Å². The molecule has 0 saturated heterocycles. The molecule has 154 valence electrons. The Morgan fingerprint density at radius 2 is 1.26 bits per heavy atom. The van der Waals surface area contributed by atoms with Gasteiger partial charge in [0.15, 0.2) is 0 Å². The number of aliphatic hydroxyl groups is 2. The minimum Gasteiger partial charge on any atom is -0.481 e. The third-order valence-corrected chi connectivity index (χ3v) is 3.52. The average Bonchev–Trinajstić information content (AvgIpc) is 2.60. The molecule has 0 aliphatic heterocycles. The van der Waals surface area contributed by atoms with Crippen molar-refractivity contribution in [3.63, 3.8) is 0 Å². The summed E-state index contributed by atoms with van der Waals surface area (Å²) in [5.41, 5.74) is 5.33. The fourth-order valence-electron chi connectivity index (χ4n) is 1.68. The van der Waals surface area contributed by atoms with E-state index >= 15 is 0 Å². The molecule has 13 nitrogen and oxygen atoms in total. The van der Waals surface area contributed by atoms with Crippen LogP contribution in [0.15, 0.2) is 0 Å². The highest BCUT2D eigenvalue weighted by atomic mass is 32.1. The van der Waals surface area contributed by atoms with E-state index in [0.29, 0.717) is 0 Å². The van der Waals surface area contributed by atoms with Crippen LogP contribution in [-0.2, 0) is 24.0 Å². The molecule has 0 aromatic rings. The lowest BCUT2D eigenvalue weighted by molar-refractivity contribution is -0.143. The van der Waals surface area contributed by atoms with Gasteiger partial charge in [-0.25, -0.2) is 4.79 Å². The third kappa shape index (κ3) is 8.67. The minimum atomic E-state index is -1.60. The Morgan fingerprint density at radius 3 is 1.67 bits per heavy atom. The second kappa shape index (κ2) is 12.1. The molecule has 0 bridgehead atoms. The molecule has 0 aliphatic carbocycles. The van der Waals surface area contributed by atoms with Gasteiger partial charge in [-0.3, -0.25) is 19.2 Å². The first-order valence-electron chi connectivity index (χ1n) is 7.51. The summed E-state index contributed by atoms with van der Waals surface area (Å²) < 4.78 is 0. The molecular weight excluding hydrogens is 388 g/mol. The van der Waals surface area contributed by atoms with Crippen molar-refractivity contribution in [1.29, 1.82) is 0 Å². The van der Waals surface area contributed by atoms with E-state index in [4.69, 9.17) is 21.1 Å². The maximum atomic E-state index is 12.1. The van der Waals surface area contributed by atoms with Gasteiger partial charge in [-0.2, -0.15) is 12.6 Å². The van der Waals surface area contributed by atoms with Gasteiger partial charge in [0.25, 0.3) is 0 Å². The molecule has 0 spiro atoms. The van der Waals surface area contributed by atoms with Crippen LogP contribution >= 0.6 is 12.6 Å². The summed E-state index contributed by atoms with van der Waals surface area (Å²) in [6.45, 7) is -1.77. The van der Waals surface area contributed by atoms with Gasteiger partial charge in [0, 0.05) is 5.75 Å². The molecule has 0 aromatic heterocycles. The molecule has 0 saturated carbocycles.